The van der Waals surface area contributed by atoms with Gasteiger partial charge in [-0.25, -0.2) is 8.78 Å². The molecule has 2 rings (SSSR count). The molecule has 9 heteroatoms. The second-order valence-corrected chi connectivity index (χ2v) is 5.36. The third kappa shape index (κ3) is 3.14. The number of non-ortho nitro benzene ring substituents is 1. The predicted molar refractivity (Wildman–Crippen MR) is 67.3 cm³/mol. The second-order valence-electron chi connectivity index (χ2n) is 3.84. The zero-order valence-electron chi connectivity index (χ0n) is 10.2. The third-order valence-electron chi connectivity index (χ3n) is 2.44. The van der Waals surface area contributed by atoms with Crippen LogP contribution in [0, 0.1) is 21.7 Å². The molecule has 0 atom stereocenters. The van der Waals surface area contributed by atoms with Gasteiger partial charge in [0.1, 0.15) is 10.6 Å². The summed E-state index contributed by atoms with van der Waals surface area (Å²) in [5, 5.41) is 10.5. The molecular formula is C12H7F2NO5S. The smallest absolute Gasteiger partial charge is 0.342 e. The van der Waals surface area contributed by atoms with Gasteiger partial charge in [-0.15, -0.1) is 0 Å². The molecule has 2 aromatic carbocycles. The first-order chi connectivity index (χ1) is 9.81. The van der Waals surface area contributed by atoms with Gasteiger partial charge >= 0.3 is 10.1 Å². The van der Waals surface area contributed by atoms with E-state index in [0.29, 0.717) is 0 Å². The Labute approximate surface area is 117 Å². The fourth-order valence-corrected chi connectivity index (χ4v) is 2.49. The summed E-state index contributed by atoms with van der Waals surface area (Å²) >= 11 is 0. The number of rotatable bonds is 4. The fraction of sp³-hybridized carbons (Fsp3) is 0. The summed E-state index contributed by atoms with van der Waals surface area (Å²) in [7, 11) is -4.58. The third-order valence-corrected chi connectivity index (χ3v) is 3.70. The summed E-state index contributed by atoms with van der Waals surface area (Å²) in [6, 6.07) is 6.74. The summed E-state index contributed by atoms with van der Waals surface area (Å²) in [6.07, 6.45) is 0. The summed E-state index contributed by atoms with van der Waals surface area (Å²) in [6.45, 7) is 0. The van der Waals surface area contributed by atoms with E-state index in [-0.39, 0.29) is 11.4 Å². The van der Waals surface area contributed by atoms with E-state index in [1.165, 1.54) is 0 Å². The Morgan fingerprint density at radius 2 is 1.67 bits per heavy atom. The molecule has 0 N–H and O–H groups in total. The summed E-state index contributed by atoms with van der Waals surface area (Å²) in [5.74, 6) is -3.15. The molecule has 110 valence electrons. The highest BCUT2D eigenvalue weighted by molar-refractivity contribution is 7.87. The minimum absolute atomic E-state index is 0.260. The van der Waals surface area contributed by atoms with Crippen LogP contribution in [0.3, 0.4) is 0 Å². The number of nitro groups is 1. The Morgan fingerprint density at radius 3 is 2.24 bits per heavy atom. The van der Waals surface area contributed by atoms with Gasteiger partial charge in [-0.2, -0.15) is 8.42 Å². The standard InChI is InChI=1S/C12H7F2NO5S/c13-10-2-1-3-11(12(10)14)21(18,19)20-9-6-4-8(5-7-9)15(16)17/h1-7H. The van der Waals surface area contributed by atoms with E-state index in [4.69, 9.17) is 0 Å². The normalized spacial score (nSPS) is 11.1. The van der Waals surface area contributed by atoms with E-state index in [1.54, 1.807) is 0 Å². The fourth-order valence-electron chi connectivity index (χ4n) is 1.47. The largest absolute Gasteiger partial charge is 0.379 e. The molecule has 0 unspecified atom stereocenters. The Kier molecular flexibility index (Phi) is 3.85. The number of halogens is 2. The molecule has 0 saturated heterocycles. The number of nitro benzene ring substituents is 1. The van der Waals surface area contributed by atoms with Crippen molar-refractivity contribution in [2.24, 2.45) is 0 Å². The van der Waals surface area contributed by atoms with Crippen molar-refractivity contribution in [2.45, 2.75) is 4.90 Å². The summed E-state index contributed by atoms with van der Waals surface area (Å²) in [4.78, 5) is 8.82. The number of benzene rings is 2. The van der Waals surface area contributed by atoms with Crippen LogP contribution < -0.4 is 4.18 Å². The van der Waals surface area contributed by atoms with E-state index in [0.717, 1.165) is 42.5 Å². The lowest BCUT2D eigenvalue weighted by atomic mass is 10.3. The van der Waals surface area contributed by atoms with Crippen LogP contribution in [0.2, 0.25) is 0 Å². The van der Waals surface area contributed by atoms with Crippen LogP contribution in [0.5, 0.6) is 5.75 Å². The van der Waals surface area contributed by atoms with Gasteiger partial charge < -0.3 is 4.18 Å². The molecule has 2 aromatic rings. The SMILES string of the molecule is O=[N+]([O-])c1ccc(OS(=O)(=O)c2cccc(F)c2F)cc1. The Bertz CT molecular complexity index is 790. The first-order valence-corrected chi connectivity index (χ1v) is 6.85. The number of nitrogens with zero attached hydrogens (tertiary/aromatic N) is 1. The maximum atomic E-state index is 13.4. The zero-order chi connectivity index (χ0) is 15.6. The predicted octanol–water partition coefficient (Wildman–Crippen LogP) is 2.64. The molecule has 0 aromatic heterocycles. The van der Waals surface area contributed by atoms with E-state index in [9.17, 15) is 27.3 Å². The first-order valence-electron chi connectivity index (χ1n) is 5.44. The van der Waals surface area contributed by atoms with Crippen molar-refractivity contribution in [3.8, 4) is 5.75 Å². The van der Waals surface area contributed by atoms with Crippen LogP contribution in [0.4, 0.5) is 14.5 Å². The van der Waals surface area contributed by atoms with Crippen LogP contribution in [0.1, 0.15) is 0 Å². The van der Waals surface area contributed by atoms with Crippen LogP contribution in [0.25, 0.3) is 0 Å². The molecule has 6 nitrogen and oxygen atoms in total. The van der Waals surface area contributed by atoms with Crippen molar-refractivity contribution in [3.05, 3.63) is 64.2 Å². The highest BCUT2D eigenvalue weighted by atomic mass is 32.2. The van der Waals surface area contributed by atoms with E-state index in [1.807, 2.05) is 0 Å². The summed E-state index contributed by atoms with van der Waals surface area (Å²) < 4.78 is 54.7. The van der Waals surface area contributed by atoms with Crippen molar-refractivity contribution in [2.75, 3.05) is 0 Å². The molecular weight excluding hydrogens is 308 g/mol. The average Bonchev–Trinajstić information content (AvgIpc) is 2.41. The molecule has 0 radical (unpaired) electrons. The lowest BCUT2D eigenvalue weighted by molar-refractivity contribution is -0.384. The van der Waals surface area contributed by atoms with Crippen LogP contribution >= 0.6 is 0 Å². The van der Waals surface area contributed by atoms with E-state index < -0.39 is 31.6 Å². The molecule has 0 bridgehead atoms. The van der Waals surface area contributed by atoms with Gasteiger partial charge in [0.05, 0.1) is 4.92 Å². The van der Waals surface area contributed by atoms with Crippen molar-refractivity contribution in [1.29, 1.82) is 0 Å². The first kappa shape index (κ1) is 14.9. The van der Waals surface area contributed by atoms with Crippen LogP contribution in [-0.4, -0.2) is 13.3 Å². The molecule has 0 aliphatic heterocycles. The quantitative estimate of drug-likeness (QED) is 0.492. The van der Waals surface area contributed by atoms with Gasteiger partial charge in [-0.05, 0) is 24.3 Å². The molecule has 0 saturated carbocycles. The maximum absolute atomic E-state index is 13.4. The maximum Gasteiger partial charge on any atom is 0.342 e. The molecule has 0 spiro atoms. The summed E-state index contributed by atoms with van der Waals surface area (Å²) in [5.41, 5.74) is -0.267. The van der Waals surface area contributed by atoms with Gasteiger partial charge in [0.2, 0.25) is 0 Å². The number of hydrogen-bond acceptors (Lipinski definition) is 5. The second kappa shape index (κ2) is 5.44. The van der Waals surface area contributed by atoms with E-state index in [2.05, 4.69) is 4.18 Å². The minimum Gasteiger partial charge on any atom is -0.379 e. The highest BCUT2D eigenvalue weighted by Crippen LogP contribution is 2.24. The molecule has 0 fully saturated rings. The van der Waals surface area contributed by atoms with Crippen LogP contribution in [0.15, 0.2) is 47.4 Å². The van der Waals surface area contributed by atoms with Gasteiger partial charge in [0.25, 0.3) is 5.69 Å². The topological polar surface area (TPSA) is 86.5 Å². The van der Waals surface area contributed by atoms with Gasteiger partial charge in [-0.1, -0.05) is 6.07 Å². The van der Waals surface area contributed by atoms with E-state index >= 15 is 0 Å². The monoisotopic (exact) mass is 315 g/mol. The van der Waals surface area contributed by atoms with Gasteiger partial charge in [0, 0.05) is 12.1 Å². The molecule has 21 heavy (non-hydrogen) atoms. The van der Waals surface area contributed by atoms with Gasteiger partial charge in [-0.3, -0.25) is 10.1 Å². The Hall–Kier alpha value is -2.55. The molecule has 0 aliphatic rings. The zero-order valence-corrected chi connectivity index (χ0v) is 11.0. The lowest BCUT2D eigenvalue weighted by Crippen LogP contribution is -2.12. The molecule has 0 amide bonds. The molecule has 0 aliphatic carbocycles. The highest BCUT2D eigenvalue weighted by Gasteiger charge is 2.23. The van der Waals surface area contributed by atoms with Crippen molar-refractivity contribution < 1.29 is 26.3 Å². The lowest BCUT2D eigenvalue weighted by Gasteiger charge is -2.07. The van der Waals surface area contributed by atoms with Crippen LogP contribution in [-0.2, 0) is 10.1 Å². The Morgan fingerprint density at radius 1 is 1.05 bits per heavy atom. The van der Waals surface area contributed by atoms with Crippen molar-refractivity contribution >= 4 is 15.8 Å². The van der Waals surface area contributed by atoms with Crippen molar-refractivity contribution in [1.82, 2.24) is 0 Å². The minimum atomic E-state index is -4.58. The van der Waals surface area contributed by atoms with Crippen molar-refractivity contribution in [3.63, 3.8) is 0 Å². The Balaban J connectivity index is 2.33. The van der Waals surface area contributed by atoms with Gasteiger partial charge in [0.15, 0.2) is 11.6 Å². The average molecular weight is 315 g/mol. The molecule has 0 heterocycles. The number of hydrogen-bond donors (Lipinski definition) is 0.